The molecule has 6 heteroatoms. The van der Waals surface area contributed by atoms with Gasteiger partial charge in [0.1, 0.15) is 19.0 Å². The number of thiocarbonyl (C=S) groups is 1. The third-order valence-electron chi connectivity index (χ3n) is 4.78. The van der Waals surface area contributed by atoms with Gasteiger partial charge in [-0.05, 0) is 47.1 Å². The van der Waals surface area contributed by atoms with Gasteiger partial charge in [0.25, 0.3) is 0 Å². The van der Waals surface area contributed by atoms with E-state index in [2.05, 4.69) is 17.0 Å². The summed E-state index contributed by atoms with van der Waals surface area (Å²) in [7, 11) is 0. The van der Waals surface area contributed by atoms with Crippen LogP contribution in [0.3, 0.4) is 0 Å². The number of rotatable bonds is 3. The quantitative estimate of drug-likeness (QED) is 0.823. The Balaban J connectivity index is 1.78. The summed E-state index contributed by atoms with van der Waals surface area (Å²) in [6.45, 7) is 3.18. The second-order valence-corrected chi connectivity index (χ2v) is 6.99. The minimum absolute atomic E-state index is 0.246. The molecule has 1 fully saturated rings. The van der Waals surface area contributed by atoms with Gasteiger partial charge in [-0.1, -0.05) is 30.3 Å². The standard InChI is InChI=1S/C21H19NO4S/c23-21(24)14-5-6-19-18(11-14)17(7-8-22-9-10-25-20(27)12-22)16-4-2-1-3-15(16)13-26-19/h1-7,11H,8-10,12-13H2,(H,23,24)/b17-7+. The molecular weight excluding hydrogens is 362 g/mol. The summed E-state index contributed by atoms with van der Waals surface area (Å²) in [5.74, 6) is -0.256. The van der Waals surface area contributed by atoms with E-state index in [1.807, 2.05) is 18.2 Å². The lowest BCUT2D eigenvalue weighted by Crippen LogP contribution is -2.38. The summed E-state index contributed by atoms with van der Waals surface area (Å²) in [5, 5.41) is 10.0. The molecule has 2 aromatic rings. The Morgan fingerprint density at radius 1 is 1.19 bits per heavy atom. The van der Waals surface area contributed by atoms with E-state index in [1.54, 1.807) is 18.2 Å². The number of ether oxygens (including phenoxy) is 2. The molecule has 2 aliphatic heterocycles. The first-order valence-electron chi connectivity index (χ1n) is 8.79. The van der Waals surface area contributed by atoms with Crippen LogP contribution in [0.15, 0.2) is 48.5 Å². The number of carboxylic acids is 1. The molecule has 138 valence electrons. The molecule has 1 saturated heterocycles. The molecule has 0 radical (unpaired) electrons. The maximum absolute atomic E-state index is 11.5. The molecule has 0 bridgehead atoms. The Morgan fingerprint density at radius 2 is 2.04 bits per heavy atom. The largest absolute Gasteiger partial charge is 0.488 e. The van der Waals surface area contributed by atoms with Crippen LogP contribution < -0.4 is 4.74 Å². The van der Waals surface area contributed by atoms with Crippen LogP contribution in [0, 0.1) is 0 Å². The number of aromatic carboxylic acids is 1. The van der Waals surface area contributed by atoms with E-state index < -0.39 is 5.97 Å². The molecule has 0 amide bonds. The molecule has 4 rings (SSSR count). The maximum Gasteiger partial charge on any atom is 0.335 e. The Morgan fingerprint density at radius 3 is 2.85 bits per heavy atom. The number of fused-ring (bicyclic) bond motifs is 2. The van der Waals surface area contributed by atoms with Gasteiger partial charge in [0.2, 0.25) is 0 Å². The van der Waals surface area contributed by atoms with Crippen LogP contribution in [-0.4, -0.2) is 47.3 Å². The minimum Gasteiger partial charge on any atom is -0.488 e. The molecule has 0 atom stereocenters. The highest BCUT2D eigenvalue weighted by Crippen LogP contribution is 2.37. The monoisotopic (exact) mass is 381 g/mol. The van der Waals surface area contributed by atoms with Crippen molar-refractivity contribution in [2.24, 2.45) is 0 Å². The second kappa shape index (κ2) is 7.50. The summed E-state index contributed by atoms with van der Waals surface area (Å²) >= 11 is 5.18. The summed E-state index contributed by atoms with van der Waals surface area (Å²) in [6, 6.07) is 13.1. The SMILES string of the molecule is O=C(O)c1ccc2c(c1)/C(=C/CN1CCOC(=S)C1)c1ccccc1CO2. The van der Waals surface area contributed by atoms with E-state index in [9.17, 15) is 9.90 Å². The first-order valence-corrected chi connectivity index (χ1v) is 9.19. The number of nitrogens with zero attached hydrogens (tertiary/aromatic N) is 1. The lowest BCUT2D eigenvalue weighted by atomic mass is 9.93. The van der Waals surface area contributed by atoms with E-state index in [4.69, 9.17) is 21.7 Å². The molecule has 0 spiro atoms. The van der Waals surface area contributed by atoms with E-state index in [0.29, 0.717) is 37.1 Å². The number of hydrogen-bond acceptors (Lipinski definition) is 5. The van der Waals surface area contributed by atoms with Gasteiger partial charge in [-0.15, -0.1) is 0 Å². The lowest BCUT2D eigenvalue weighted by molar-refractivity contribution is 0.0697. The number of morpholine rings is 1. The van der Waals surface area contributed by atoms with Gasteiger partial charge in [0, 0.05) is 18.7 Å². The first-order chi connectivity index (χ1) is 13.1. The molecule has 0 aliphatic carbocycles. The van der Waals surface area contributed by atoms with Crippen LogP contribution >= 0.6 is 12.2 Å². The number of benzene rings is 2. The van der Waals surface area contributed by atoms with E-state index >= 15 is 0 Å². The topological polar surface area (TPSA) is 59.0 Å². The summed E-state index contributed by atoms with van der Waals surface area (Å²) in [4.78, 5) is 13.7. The number of carboxylic acid groups (broad SMARTS) is 1. The normalized spacial score (nSPS) is 18.1. The molecule has 2 aromatic carbocycles. The van der Waals surface area contributed by atoms with Crippen molar-refractivity contribution < 1.29 is 19.4 Å². The van der Waals surface area contributed by atoms with Crippen LogP contribution in [-0.2, 0) is 11.3 Å². The van der Waals surface area contributed by atoms with Crippen molar-refractivity contribution in [1.29, 1.82) is 0 Å². The molecule has 0 saturated carbocycles. The zero-order chi connectivity index (χ0) is 18.8. The Kier molecular flexibility index (Phi) is 4.92. The van der Waals surface area contributed by atoms with Crippen LogP contribution in [0.1, 0.15) is 27.0 Å². The van der Waals surface area contributed by atoms with Crippen molar-refractivity contribution >= 4 is 28.8 Å². The molecule has 0 aromatic heterocycles. The predicted octanol–water partition coefficient (Wildman–Crippen LogP) is 3.37. The second-order valence-electron chi connectivity index (χ2n) is 6.54. The summed E-state index contributed by atoms with van der Waals surface area (Å²) in [5.41, 5.74) is 4.17. The van der Waals surface area contributed by atoms with Crippen LogP contribution in [0.25, 0.3) is 5.57 Å². The molecule has 0 unspecified atom stereocenters. The summed E-state index contributed by atoms with van der Waals surface area (Å²) < 4.78 is 11.3. The van der Waals surface area contributed by atoms with Gasteiger partial charge in [-0.3, -0.25) is 4.90 Å². The Bertz CT molecular complexity index is 938. The molecule has 5 nitrogen and oxygen atoms in total. The Labute approximate surface area is 162 Å². The highest BCUT2D eigenvalue weighted by Gasteiger charge is 2.21. The summed E-state index contributed by atoms with van der Waals surface area (Å²) in [6.07, 6.45) is 2.13. The zero-order valence-electron chi connectivity index (χ0n) is 14.7. The van der Waals surface area contributed by atoms with Gasteiger partial charge in [-0.25, -0.2) is 4.79 Å². The van der Waals surface area contributed by atoms with Crippen molar-refractivity contribution in [3.05, 3.63) is 70.8 Å². The van der Waals surface area contributed by atoms with Gasteiger partial charge in [0.05, 0.1) is 12.1 Å². The van der Waals surface area contributed by atoms with Crippen LogP contribution in [0.5, 0.6) is 5.75 Å². The van der Waals surface area contributed by atoms with Gasteiger partial charge >= 0.3 is 5.97 Å². The van der Waals surface area contributed by atoms with E-state index in [-0.39, 0.29) is 5.56 Å². The maximum atomic E-state index is 11.5. The third kappa shape index (κ3) is 3.72. The minimum atomic E-state index is -0.951. The molecule has 27 heavy (non-hydrogen) atoms. The highest BCUT2D eigenvalue weighted by atomic mass is 32.1. The van der Waals surface area contributed by atoms with E-state index in [0.717, 1.165) is 28.8 Å². The van der Waals surface area contributed by atoms with Gasteiger partial charge in [0.15, 0.2) is 5.05 Å². The van der Waals surface area contributed by atoms with Crippen molar-refractivity contribution in [2.75, 3.05) is 26.2 Å². The zero-order valence-corrected chi connectivity index (χ0v) is 15.5. The molecular formula is C21H19NO4S. The fourth-order valence-corrected chi connectivity index (χ4v) is 3.67. The predicted molar refractivity (Wildman–Crippen MR) is 106 cm³/mol. The first kappa shape index (κ1) is 17.7. The van der Waals surface area contributed by atoms with Crippen LogP contribution in [0.4, 0.5) is 0 Å². The number of carbonyl (C=O) groups is 1. The van der Waals surface area contributed by atoms with Crippen molar-refractivity contribution in [2.45, 2.75) is 6.61 Å². The average molecular weight is 381 g/mol. The number of hydrogen-bond donors (Lipinski definition) is 1. The van der Waals surface area contributed by atoms with Crippen molar-refractivity contribution in [3.8, 4) is 5.75 Å². The fourth-order valence-electron chi connectivity index (χ4n) is 3.40. The van der Waals surface area contributed by atoms with E-state index in [1.165, 1.54) is 0 Å². The molecule has 2 heterocycles. The molecule has 2 aliphatic rings. The van der Waals surface area contributed by atoms with Crippen molar-refractivity contribution in [1.82, 2.24) is 4.90 Å². The third-order valence-corrected chi connectivity index (χ3v) is 5.03. The van der Waals surface area contributed by atoms with Gasteiger partial charge < -0.3 is 14.6 Å². The van der Waals surface area contributed by atoms with Crippen molar-refractivity contribution in [3.63, 3.8) is 0 Å². The fraction of sp³-hybridized carbons (Fsp3) is 0.238. The lowest BCUT2D eigenvalue weighted by Gasteiger charge is -2.26. The smallest absolute Gasteiger partial charge is 0.335 e. The average Bonchev–Trinajstić information content (AvgIpc) is 2.83. The van der Waals surface area contributed by atoms with Crippen LogP contribution in [0.2, 0.25) is 0 Å². The molecule has 1 N–H and O–H groups in total. The van der Waals surface area contributed by atoms with Gasteiger partial charge in [-0.2, -0.15) is 0 Å². The highest BCUT2D eigenvalue weighted by molar-refractivity contribution is 7.80. The Hall–Kier alpha value is -2.70.